The maximum Gasteiger partial charge on any atom is 0.0500 e. The standard InChI is InChI=1S/C7H13N2P/c1-6(2)7(3-4-10)5-9-8/h3-6,10H,8H2,1-2H3/b7-3+,9-5-. The molecule has 0 saturated carbocycles. The number of hydrazone groups is 1. The fourth-order valence-corrected chi connectivity index (χ4v) is 0.759. The van der Waals surface area contributed by atoms with Crippen molar-refractivity contribution >= 4 is 20.9 Å². The molecule has 2 nitrogen and oxygen atoms in total. The van der Waals surface area contributed by atoms with Crippen molar-refractivity contribution in [2.75, 3.05) is 0 Å². The second kappa shape index (κ2) is 5.19. The number of nitrogens with zero attached hydrogens (tertiary/aromatic N) is 1. The molecule has 0 aliphatic heterocycles. The third kappa shape index (κ3) is 3.41. The molecule has 0 fully saturated rings. The maximum atomic E-state index is 5.00. The smallest absolute Gasteiger partial charge is 0.0500 e. The van der Waals surface area contributed by atoms with Crippen LogP contribution >= 0.6 is 8.86 Å². The molecule has 0 unspecified atom stereocenters. The molecule has 0 aromatic carbocycles. The van der Waals surface area contributed by atoms with E-state index in [0.29, 0.717) is 5.92 Å². The van der Waals surface area contributed by atoms with Gasteiger partial charge in [0.1, 0.15) is 0 Å². The summed E-state index contributed by atoms with van der Waals surface area (Å²) in [5.74, 6) is 7.24. The highest BCUT2D eigenvalue weighted by Gasteiger charge is 1.96. The largest absolute Gasteiger partial charge is 0.323 e. The normalized spacial score (nSPS) is 12.9. The van der Waals surface area contributed by atoms with Crippen LogP contribution in [0.1, 0.15) is 13.8 Å². The van der Waals surface area contributed by atoms with E-state index in [1.54, 1.807) is 12.0 Å². The van der Waals surface area contributed by atoms with Crippen LogP contribution in [-0.4, -0.2) is 12.0 Å². The first kappa shape index (κ1) is 9.38. The maximum absolute atomic E-state index is 5.00. The Kier molecular flexibility index (Phi) is 4.87. The van der Waals surface area contributed by atoms with Gasteiger partial charge >= 0.3 is 0 Å². The van der Waals surface area contributed by atoms with Crippen molar-refractivity contribution in [3.8, 4) is 0 Å². The van der Waals surface area contributed by atoms with E-state index in [0.717, 1.165) is 5.57 Å². The minimum absolute atomic E-state index is 0.458. The van der Waals surface area contributed by atoms with E-state index >= 15 is 0 Å². The van der Waals surface area contributed by atoms with Crippen molar-refractivity contribution < 1.29 is 0 Å². The van der Waals surface area contributed by atoms with Crippen molar-refractivity contribution in [1.82, 2.24) is 0 Å². The van der Waals surface area contributed by atoms with Gasteiger partial charge < -0.3 is 5.84 Å². The van der Waals surface area contributed by atoms with Crippen LogP contribution in [0.2, 0.25) is 0 Å². The summed E-state index contributed by atoms with van der Waals surface area (Å²) in [6, 6.07) is 0. The molecule has 3 heteroatoms. The van der Waals surface area contributed by atoms with Gasteiger partial charge in [0, 0.05) is 6.21 Å². The van der Waals surface area contributed by atoms with Crippen molar-refractivity contribution in [1.29, 1.82) is 0 Å². The summed E-state index contributed by atoms with van der Waals surface area (Å²) in [6.45, 7) is 4.17. The van der Waals surface area contributed by atoms with Crippen LogP contribution in [-0.2, 0) is 0 Å². The van der Waals surface area contributed by atoms with Gasteiger partial charge in [-0.2, -0.15) is 5.10 Å². The molecule has 0 aliphatic carbocycles. The minimum Gasteiger partial charge on any atom is -0.323 e. The third-order valence-electron chi connectivity index (χ3n) is 1.17. The van der Waals surface area contributed by atoms with Gasteiger partial charge in [0.2, 0.25) is 0 Å². The van der Waals surface area contributed by atoms with Crippen LogP contribution < -0.4 is 5.84 Å². The Balaban J connectivity index is 4.25. The number of hydrogen-bond acceptors (Lipinski definition) is 2. The van der Waals surface area contributed by atoms with Gasteiger partial charge in [0.15, 0.2) is 0 Å². The lowest BCUT2D eigenvalue weighted by molar-refractivity contribution is 0.807. The molecule has 0 spiro atoms. The van der Waals surface area contributed by atoms with Crippen molar-refractivity contribution in [3.63, 3.8) is 0 Å². The summed E-state index contributed by atoms with van der Waals surface area (Å²) in [6.07, 6.45) is 3.58. The van der Waals surface area contributed by atoms with Crippen LogP contribution in [0.3, 0.4) is 0 Å². The van der Waals surface area contributed by atoms with E-state index in [9.17, 15) is 0 Å². The van der Waals surface area contributed by atoms with E-state index in [2.05, 4.69) is 27.8 Å². The molecule has 0 rings (SSSR count). The molecular weight excluding hydrogens is 143 g/mol. The average molecular weight is 156 g/mol. The zero-order valence-corrected chi connectivity index (χ0v) is 7.33. The second-order valence-corrected chi connectivity index (χ2v) is 2.60. The van der Waals surface area contributed by atoms with Gasteiger partial charge in [-0.15, -0.1) is 8.86 Å². The molecule has 56 valence electrons. The zero-order chi connectivity index (χ0) is 7.98. The molecule has 10 heavy (non-hydrogen) atoms. The Hall–Kier alpha value is -0.620. The number of nitrogens with two attached hydrogens (primary N) is 1. The summed E-state index contributed by atoms with van der Waals surface area (Å²) >= 11 is 0. The van der Waals surface area contributed by atoms with Crippen molar-refractivity contribution in [3.05, 3.63) is 11.6 Å². The van der Waals surface area contributed by atoms with E-state index in [-0.39, 0.29) is 0 Å². The van der Waals surface area contributed by atoms with E-state index < -0.39 is 0 Å². The van der Waals surface area contributed by atoms with Crippen LogP contribution in [0.15, 0.2) is 16.8 Å². The molecule has 0 aliphatic rings. The van der Waals surface area contributed by atoms with Gasteiger partial charge in [-0.25, -0.2) is 0 Å². The molecule has 0 radical (unpaired) electrons. The first-order valence-corrected chi connectivity index (χ1v) is 3.74. The fourth-order valence-electron chi connectivity index (χ4n) is 0.567. The van der Waals surface area contributed by atoms with E-state index in [1.165, 1.54) is 0 Å². The summed E-state index contributed by atoms with van der Waals surface area (Å²) < 4.78 is 0. The van der Waals surface area contributed by atoms with Crippen molar-refractivity contribution in [2.24, 2.45) is 16.9 Å². The van der Waals surface area contributed by atoms with Crippen LogP contribution in [0.5, 0.6) is 0 Å². The van der Waals surface area contributed by atoms with E-state index in [4.69, 9.17) is 5.84 Å². The third-order valence-corrected chi connectivity index (χ3v) is 1.33. The summed E-state index contributed by atoms with van der Waals surface area (Å²) in [5, 5.41) is 3.44. The topological polar surface area (TPSA) is 38.4 Å². The highest BCUT2D eigenvalue weighted by Crippen LogP contribution is 2.04. The molecule has 2 N–H and O–H groups in total. The molecule has 0 atom stereocenters. The summed E-state index contributed by atoms with van der Waals surface area (Å²) in [7, 11) is 3.23. The van der Waals surface area contributed by atoms with Gasteiger partial charge in [0.25, 0.3) is 0 Å². The van der Waals surface area contributed by atoms with E-state index in [1.807, 2.05) is 6.08 Å². The highest BCUT2D eigenvalue weighted by molar-refractivity contribution is 7.18. The highest BCUT2D eigenvalue weighted by atomic mass is 31.0. The van der Waals surface area contributed by atoms with Gasteiger partial charge in [-0.3, -0.25) is 0 Å². The first-order valence-electron chi connectivity index (χ1n) is 3.16. The average Bonchev–Trinajstić information content (AvgIpc) is 1.87. The first-order chi connectivity index (χ1) is 4.72. The quantitative estimate of drug-likeness (QED) is 0.285. The minimum atomic E-state index is 0.458. The van der Waals surface area contributed by atoms with Crippen LogP contribution in [0.4, 0.5) is 0 Å². The molecule has 0 bridgehead atoms. The Morgan fingerprint density at radius 3 is 2.50 bits per heavy atom. The SMILES string of the molecule is CC(C)C(/C=N\N)=C/C=P. The Bertz CT molecular complexity index is 159. The predicted molar refractivity (Wildman–Crippen MR) is 50.0 cm³/mol. The lowest BCUT2D eigenvalue weighted by Gasteiger charge is -2.02. The molecule has 0 amide bonds. The summed E-state index contributed by atoms with van der Waals surface area (Å²) in [5.41, 5.74) is 1.11. The molecule has 0 heterocycles. The number of allylic oxidation sites excluding steroid dienone is 2. The second-order valence-electron chi connectivity index (χ2n) is 2.27. The van der Waals surface area contributed by atoms with Gasteiger partial charge in [-0.1, -0.05) is 19.9 Å². The Morgan fingerprint density at radius 2 is 2.20 bits per heavy atom. The summed E-state index contributed by atoms with van der Waals surface area (Å²) in [4.78, 5) is 0. The number of rotatable bonds is 3. The van der Waals surface area contributed by atoms with Gasteiger partial charge in [0.05, 0.1) is 0 Å². The van der Waals surface area contributed by atoms with Crippen molar-refractivity contribution in [2.45, 2.75) is 13.8 Å². The lowest BCUT2D eigenvalue weighted by Crippen LogP contribution is -1.97. The monoisotopic (exact) mass is 156 g/mol. The van der Waals surface area contributed by atoms with Crippen LogP contribution in [0, 0.1) is 5.92 Å². The number of hydrogen-bond donors (Lipinski definition) is 1. The molecular formula is C7H13N2P. The Morgan fingerprint density at radius 1 is 1.60 bits per heavy atom. The fraction of sp³-hybridized carbons (Fsp3) is 0.429. The molecule has 0 aromatic rings. The van der Waals surface area contributed by atoms with Crippen LogP contribution in [0.25, 0.3) is 0 Å². The zero-order valence-electron chi connectivity index (χ0n) is 6.33. The Labute approximate surface area is 64.0 Å². The predicted octanol–water partition coefficient (Wildman–Crippen LogP) is 1.46. The molecule has 0 saturated heterocycles. The lowest BCUT2D eigenvalue weighted by atomic mass is 10.1. The van der Waals surface area contributed by atoms with Gasteiger partial charge in [-0.05, 0) is 17.3 Å². The molecule has 0 aromatic heterocycles.